The van der Waals surface area contributed by atoms with E-state index in [0.717, 1.165) is 43.1 Å². The van der Waals surface area contributed by atoms with Crippen LogP contribution in [0.4, 0.5) is 5.69 Å². The van der Waals surface area contributed by atoms with Crippen molar-refractivity contribution in [2.75, 3.05) is 24.5 Å². The molecule has 1 saturated heterocycles. The van der Waals surface area contributed by atoms with Gasteiger partial charge < -0.3 is 20.6 Å². The third-order valence-electron chi connectivity index (χ3n) is 4.92. The fourth-order valence-electron chi connectivity index (χ4n) is 3.51. The van der Waals surface area contributed by atoms with Crippen LogP contribution >= 0.6 is 24.0 Å². The van der Waals surface area contributed by atoms with Gasteiger partial charge in [-0.25, -0.2) is 4.99 Å². The molecular formula is C22H31IN4O. The number of aliphatic hydroxyl groups is 1. The summed E-state index contributed by atoms with van der Waals surface area (Å²) in [5.74, 6) is 0.838. The number of aliphatic hydroxyl groups excluding tert-OH is 1. The smallest absolute Gasteiger partial charge is 0.191 e. The molecule has 1 unspecified atom stereocenters. The molecule has 1 heterocycles. The number of anilines is 1. The van der Waals surface area contributed by atoms with Gasteiger partial charge in [-0.15, -0.1) is 24.0 Å². The summed E-state index contributed by atoms with van der Waals surface area (Å²) in [6.45, 7) is 5.57. The van der Waals surface area contributed by atoms with Gasteiger partial charge in [0.25, 0.3) is 0 Å². The Morgan fingerprint density at radius 1 is 1.11 bits per heavy atom. The number of benzene rings is 2. The van der Waals surface area contributed by atoms with E-state index in [1.807, 2.05) is 24.3 Å². The van der Waals surface area contributed by atoms with Crippen LogP contribution < -0.4 is 15.5 Å². The summed E-state index contributed by atoms with van der Waals surface area (Å²) >= 11 is 0. The molecule has 28 heavy (non-hydrogen) atoms. The van der Waals surface area contributed by atoms with Gasteiger partial charge in [0, 0.05) is 31.4 Å². The zero-order valence-corrected chi connectivity index (χ0v) is 18.8. The Bertz CT molecular complexity index is 738. The standard InChI is InChI=1S/C22H30N4O.HI/c1-2-23-22(24-15-18-9-6-7-10-19(18)17-27)25-20-11-8-14-26(16-20)21-12-4-3-5-13-21;/h3-7,9-10,12-13,20,27H,2,8,11,14-17H2,1H3,(H2,23,24,25);1H. The number of piperidine rings is 1. The monoisotopic (exact) mass is 494 g/mol. The number of para-hydroxylation sites is 1. The first-order valence-corrected chi connectivity index (χ1v) is 9.82. The lowest BCUT2D eigenvalue weighted by Gasteiger charge is -2.35. The first-order valence-electron chi connectivity index (χ1n) is 9.82. The maximum absolute atomic E-state index is 9.50. The van der Waals surface area contributed by atoms with Gasteiger partial charge in [0.2, 0.25) is 0 Å². The Kier molecular flexibility index (Phi) is 9.57. The van der Waals surface area contributed by atoms with Crippen LogP contribution in [0.3, 0.4) is 0 Å². The van der Waals surface area contributed by atoms with Gasteiger partial charge in [-0.1, -0.05) is 42.5 Å². The van der Waals surface area contributed by atoms with Crippen molar-refractivity contribution in [1.82, 2.24) is 10.6 Å². The lowest BCUT2D eigenvalue weighted by Crippen LogP contribution is -2.51. The van der Waals surface area contributed by atoms with Crippen molar-refractivity contribution < 1.29 is 5.11 Å². The first kappa shape index (κ1) is 22.5. The summed E-state index contributed by atoms with van der Waals surface area (Å²) in [7, 11) is 0. The molecule has 0 saturated carbocycles. The third-order valence-corrected chi connectivity index (χ3v) is 4.92. The van der Waals surface area contributed by atoms with Crippen molar-refractivity contribution >= 4 is 35.6 Å². The van der Waals surface area contributed by atoms with Crippen molar-refractivity contribution in [2.45, 2.75) is 39.0 Å². The van der Waals surface area contributed by atoms with Gasteiger partial charge in [0.05, 0.1) is 13.2 Å². The Labute approximate surface area is 185 Å². The molecule has 1 fully saturated rings. The summed E-state index contributed by atoms with van der Waals surface area (Å²) in [6, 6.07) is 18.9. The molecule has 1 aliphatic heterocycles. The maximum Gasteiger partial charge on any atom is 0.191 e. The third kappa shape index (κ3) is 6.38. The van der Waals surface area contributed by atoms with Crippen molar-refractivity contribution in [3.05, 3.63) is 65.7 Å². The average molecular weight is 494 g/mol. The van der Waals surface area contributed by atoms with Gasteiger partial charge in [-0.05, 0) is 43.0 Å². The van der Waals surface area contributed by atoms with E-state index >= 15 is 0 Å². The Hall–Kier alpha value is -1.80. The quantitative estimate of drug-likeness (QED) is 0.327. The first-order chi connectivity index (χ1) is 13.3. The molecule has 5 nitrogen and oxygen atoms in total. The molecule has 0 spiro atoms. The van der Waals surface area contributed by atoms with E-state index in [1.54, 1.807) is 0 Å². The topological polar surface area (TPSA) is 59.9 Å². The van der Waals surface area contributed by atoms with Crippen LogP contribution in [0.25, 0.3) is 0 Å². The average Bonchev–Trinajstić information content (AvgIpc) is 2.73. The van der Waals surface area contributed by atoms with E-state index in [-0.39, 0.29) is 30.6 Å². The molecule has 3 N–H and O–H groups in total. The van der Waals surface area contributed by atoms with Gasteiger partial charge in [-0.2, -0.15) is 0 Å². The number of nitrogens with zero attached hydrogens (tertiary/aromatic N) is 2. The van der Waals surface area contributed by atoms with E-state index in [9.17, 15) is 5.11 Å². The van der Waals surface area contributed by atoms with Crippen LogP contribution in [-0.4, -0.2) is 36.7 Å². The van der Waals surface area contributed by atoms with Gasteiger partial charge >= 0.3 is 0 Å². The predicted octanol–water partition coefficient (Wildman–Crippen LogP) is 3.52. The summed E-state index contributed by atoms with van der Waals surface area (Å²) < 4.78 is 0. The molecular weight excluding hydrogens is 463 g/mol. The van der Waals surface area contributed by atoms with Crippen LogP contribution in [0.5, 0.6) is 0 Å². The van der Waals surface area contributed by atoms with Crippen LogP contribution in [-0.2, 0) is 13.2 Å². The minimum absolute atomic E-state index is 0. The second-order valence-corrected chi connectivity index (χ2v) is 6.89. The SMILES string of the molecule is CCNC(=NCc1ccccc1CO)NC1CCCN(c2ccccc2)C1.I. The van der Waals surface area contributed by atoms with Crippen LogP contribution in [0.15, 0.2) is 59.6 Å². The maximum atomic E-state index is 9.50. The second kappa shape index (κ2) is 11.9. The molecule has 0 radical (unpaired) electrons. The van der Waals surface area contributed by atoms with Crippen LogP contribution in [0.2, 0.25) is 0 Å². The predicted molar refractivity (Wildman–Crippen MR) is 127 cm³/mol. The van der Waals surface area contributed by atoms with E-state index in [4.69, 9.17) is 4.99 Å². The zero-order chi connectivity index (χ0) is 18.9. The number of hydrogen-bond donors (Lipinski definition) is 3. The fraction of sp³-hybridized carbons (Fsp3) is 0.409. The second-order valence-electron chi connectivity index (χ2n) is 6.89. The number of guanidine groups is 1. The van der Waals surface area contributed by atoms with Crippen LogP contribution in [0, 0.1) is 0 Å². The highest BCUT2D eigenvalue weighted by molar-refractivity contribution is 14.0. The number of hydrogen-bond acceptors (Lipinski definition) is 3. The Morgan fingerprint density at radius 2 is 1.82 bits per heavy atom. The van der Waals surface area contributed by atoms with E-state index in [0.29, 0.717) is 12.6 Å². The van der Waals surface area contributed by atoms with Gasteiger partial charge in [0.1, 0.15) is 0 Å². The molecule has 2 aromatic rings. The number of rotatable bonds is 6. The van der Waals surface area contributed by atoms with Crippen molar-refractivity contribution in [1.29, 1.82) is 0 Å². The van der Waals surface area contributed by atoms with Crippen molar-refractivity contribution in [3.63, 3.8) is 0 Å². The molecule has 0 amide bonds. The molecule has 1 aliphatic rings. The molecule has 3 rings (SSSR count). The van der Waals surface area contributed by atoms with Crippen LogP contribution in [0.1, 0.15) is 30.9 Å². The summed E-state index contributed by atoms with van der Waals surface area (Å²) in [5, 5.41) is 16.4. The number of halogens is 1. The normalized spacial score (nSPS) is 17.0. The van der Waals surface area contributed by atoms with E-state index in [2.05, 4.69) is 52.8 Å². The minimum Gasteiger partial charge on any atom is -0.392 e. The zero-order valence-electron chi connectivity index (χ0n) is 16.5. The molecule has 0 bridgehead atoms. The highest BCUT2D eigenvalue weighted by Gasteiger charge is 2.20. The van der Waals surface area contributed by atoms with Crippen molar-refractivity contribution in [3.8, 4) is 0 Å². The fourth-order valence-corrected chi connectivity index (χ4v) is 3.51. The van der Waals surface area contributed by atoms with Crippen molar-refractivity contribution in [2.24, 2.45) is 4.99 Å². The molecule has 0 aliphatic carbocycles. The molecule has 2 aromatic carbocycles. The van der Waals surface area contributed by atoms with E-state index in [1.165, 1.54) is 12.1 Å². The Balaban J connectivity index is 0.00000280. The lowest BCUT2D eigenvalue weighted by molar-refractivity contribution is 0.280. The summed E-state index contributed by atoms with van der Waals surface area (Å²) in [5.41, 5.74) is 3.28. The molecule has 0 aromatic heterocycles. The minimum atomic E-state index is 0. The Morgan fingerprint density at radius 3 is 2.54 bits per heavy atom. The van der Waals surface area contributed by atoms with Gasteiger partial charge in [0.15, 0.2) is 5.96 Å². The summed E-state index contributed by atoms with van der Waals surface area (Å²) in [6.07, 6.45) is 2.31. The molecule has 6 heteroatoms. The lowest BCUT2D eigenvalue weighted by atomic mass is 10.0. The molecule has 152 valence electrons. The molecule has 1 atom stereocenters. The number of aliphatic imine (C=N–C) groups is 1. The number of nitrogens with one attached hydrogen (secondary N) is 2. The highest BCUT2D eigenvalue weighted by atomic mass is 127. The van der Waals surface area contributed by atoms with E-state index < -0.39 is 0 Å². The van der Waals surface area contributed by atoms with Gasteiger partial charge in [-0.3, -0.25) is 0 Å². The highest BCUT2D eigenvalue weighted by Crippen LogP contribution is 2.19. The largest absolute Gasteiger partial charge is 0.392 e. The summed E-state index contributed by atoms with van der Waals surface area (Å²) in [4.78, 5) is 7.19.